The van der Waals surface area contributed by atoms with Crippen LogP contribution in [0.4, 0.5) is 14.9 Å². The van der Waals surface area contributed by atoms with E-state index in [4.69, 9.17) is 25.8 Å². The predicted octanol–water partition coefficient (Wildman–Crippen LogP) is 6.57. The van der Waals surface area contributed by atoms with Crippen LogP contribution in [0.15, 0.2) is 84.9 Å². The largest absolute Gasteiger partial charge is 0.456 e. The van der Waals surface area contributed by atoms with E-state index < -0.39 is 29.8 Å². The molecule has 0 aliphatic carbocycles. The molecule has 2 N–H and O–H groups in total. The highest BCUT2D eigenvalue weighted by Gasteiger charge is 2.41. The van der Waals surface area contributed by atoms with Crippen LogP contribution >= 0.6 is 11.6 Å². The zero-order valence-corrected chi connectivity index (χ0v) is 24.3. The van der Waals surface area contributed by atoms with Gasteiger partial charge in [0.2, 0.25) is 11.8 Å². The van der Waals surface area contributed by atoms with Crippen LogP contribution < -0.4 is 20.1 Å². The van der Waals surface area contributed by atoms with Crippen LogP contribution in [0.2, 0.25) is 5.02 Å². The molecule has 2 aliphatic rings. The summed E-state index contributed by atoms with van der Waals surface area (Å²) in [4.78, 5) is 52.0. The zero-order valence-electron chi connectivity index (χ0n) is 23.5. The maximum Gasteiger partial charge on any atom is 0.411 e. The van der Waals surface area contributed by atoms with Crippen LogP contribution in [0.5, 0.6) is 23.0 Å². The summed E-state index contributed by atoms with van der Waals surface area (Å²) < 4.78 is 30.6. The van der Waals surface area contributed by atoms with Crippen LogP contribution in [0.25, 0.3) is 0 Å². The first-order valence-corrected chi connectivity index (χ1v) is 14.3. The number of nitrogens with one attached hydrogen (secondary N) is 2. The highest BCUT2D eigenvalue weighted by Crippen LogP contribution is 2.39. The molecule has 2 aliphatic heterocycles. The monoisotopic (exact) mass is 629 g/mol. The van der Waals surface area contributed by atoms with Crippen LogP contribution in [0.3, 0.4) is 0 Å². The average Bonchev–Trinajstić information content (AvgIpc) is 3.35. The second kappa shape index (κ2) is 12.7. The molecule has 0 aromatic heterocycles. The van der Waals surface area contributed by atoms with Gasteiger partial charge in [-0.1, -0.05) is 41.9 Å². The van der Waals surface area contributed by atoms with Crippen molar-refractivity contribution in [2.75, 3.05) is 5.32 Å². The van der Waals surface area contributed by atoms with Crippen molar-refractivity contribution in [2.45, 2.75) is 32.0 Å². The van der Waals surface area contributed by atoms with Crippen molar-refractivity contribution in [2.24, 2.45) is 0 Å². The van der Waals surface area contributed by atoms with Crippen molar-refractivity contribution in [3.8, 4) is 23.0 Å². The molecule has 1 fully saturated rings. The van der Waals surface area contributed by atoms with E-state index in [9.17, 15) is 23.6 Å². The Morgan fingerprint density at radius 2 is 1.71 bits per heavy atom. The first-order valence-electron chi connectivity index (χ1n) is 13.9. The molecule has 1 unspecified atom stereocenters. The van der Waals surface area contributed by atoms with Gasteiger partial charge >= 0.3 is 6.09 Å². The van der Waals surface area contributed by atoms with Gasteiger partial charge < -0.3 is 19.1 Å². The van der Waals surface area contributed by atoms with Gasteiger partial charge in [-0.15, -0.1) is 0 Å². The average molecular weight is 630 g/mol. The van der Waals surface area contributed by atoms with Crippen LogP contribution in [-0.2, 0) is 27.5 Å². The number of anilines is 1. The fraction of sp³-hybridized carbons (Fsp3) is 0.152. The maximum atomic E-state index is 13.7. The van der Waals surface area contributed by atoms with E-state index in [1.54, 1.807) is 60.7 Å². The standard InChI is InChI=1S/C33H25ClFN3O7/c34-25-16-21(35)8-14-27(25)44-24-11-9-22(10-12-24)36-33(42)43-18-20-7-6-19-17-38(26-13-15-28(39)37-31(26)40)32(41)29(19)30(20)45-23-4-2-1-3-5-23/h1-12,14,16,26H,13,15,17-18H2,(H,36,42)(H,37,39,40). The summed E-state index contributed by atoms with van der Waals surface area (Å²) in [5, 5.41) is 5.05. The van der Waals surface area contributed by atoms with Crippen molar-refractivity contribution >= 4 is 41.1 Å². The molecule has 45 heavy (non-hydrogen) atoms. The lowest BCUT2D eigenvalue weighted by atomic mass is 10.0. The molecule has 12 heteroatoms. The van der Waals surface area contributed by atoms with E-state index >= 15 is 0 Å². The number of nitrogens with zero attached hydrogens (tertiary/aromatic N) is 1. The molecule has 0 spiro atoms. The first kappa shape index (κ1) is 29.6. The summed E-state index contributed by atoms with van der Waals surface area (Å²) in [7, 11) is 0. The third kappa shape index (κ3) is 6.58. The number of fused-ring (bicyclic) bond motifs is 1. The Balaban J connectivity index is 1.16. The van der Waals surface area contributed by atoms with E-state index in [-0.39, 0.29) is 54.0 Å². The fourth-order valence-corrected chi connectivity index (χ4v) is 5.29. The normalized spacial score (nSPS) is 15.7. The number of rotatable bonds is 8. The summed E-state index contributed by atoms with van der Waals surface area (Å²) in [5.74, 6) is -0.410. The Labute approximate surface area is 261 Å². The highest BCUT2D eigenvalue weighted by atomic mass is 35.5. The molecule has 0 bridgehead atoms. The minimum Gasteiger partial charge on any atom is -0.456 e. The summed E-state index contributed by atoms with van der Waals surface area (Å²) in [6.45, 7) is -0.0580. The molecular weight excluding hydrogens is 605 g/mol. The lowest BCUT2D eigenvalue weighted by Crippen LogP contribution is -2.52. The van der Waals surface area contributed by atoms with E-state index in [1.807, 2.05) is 6.07 Å². The van der Waals surface area contributed by atoms with Gasteiger partial charge in [-0.25, -0.2) is 9.18 Å². The zero-order chi connectivity index (χ0) is 31.5. The first-order chi connectivity index (χ1) is 21.7. The molecule has 10 nitrogen and oxygen atoms in total. The fourth-order valence-electron chi connectivity index (χ4n) is 5.09. The third-order valence-corrected chi connectivity index (χ3v) is 7.57. The van der Waals surface area contributed by atoms with E-state index in [0.29, 0.717) is 28.3 Å². The van der Waals surface area contributed by atoms with E-state index in [2.05, 4.69) is 10.6 Å². The summed E-state index contributed by atoms with van der Waals surface area (Å²) >= 11 is 6.02. The number of hydrogen-bond acceptors (Lipinski definition) is 7. The number of amides is 4. The molecule has 2 heterocycles. The maximum absolute atomic E-state index is 13.7. The SMILES string of the molecule is O=C1CCC(N2Cc3ccc(COC(=O)Nc4ccc(Oc5ccc(F)cc5Cl)cc4)c(Oc4ccccc4)c3C2=O)C(=O)N1. The summed E-state index contributed by atoms with van der Waals surface area (Å²) in [6.07, 6.45) is -0.396. The van der Waals surface area contributed by atoms with Crippen molar-refractivity contribution < 1.29 is 37.8 Å². The number of ether oxygens (including phenoxy) is 3. The Morgan fingerprint density at radius 1 is 0.956 bits per heavy atom. The summed E-state index contributed by atoms with van der Waals surface area (Å²) in [5.41, 5.74) is 1.77. The van der Waals surface area contributed by atoms with Gasteiger partial charge in [0.05, 0.1) is 10.6 Å². The van der Waals surface area contributed by atoms with Crippen LogP contribution in [0.1, 0.15) is 34.3 Å². The number of imide groups is 1. The lowest BCUT2D eigenvalue weighted by molar-refractivity contribution is -0.136. The van der Waals surface area contributed by atoms with Crippen molar-refractivity contribution in [1.82, 2.24) is 10.2 Å². The number of carbonyl (C=O) groups excluding carboxylic acids is 4. The molecule has 1 saturated heterocycles. The molecule has 228 valence electrons. The second-order valence-corrected chi connectivity index (χ2v) is 10.7. The number of benzene rings is 4. The molecule has 0 saturated carbocycles. The van der Waals surface area contributed by atoms with Gasteiger partial charge in [0.25, 0.3) is 5.91 Å². The van der Waals surface area contributed by atoms with Gasteiger partial charge in [0.15, 0.2) is 0 Å². The summed E-state index contributed by atoms with van der Waals surface area (Å²) in [6, 6.07) is 21.7. The molecule has 4 aromatic carbocycles. The molecule has 4 aromatic rings. The quantitative estimate of drug-likeness (QED) is 0.211. The number of halogens is 2. The van der Waals surface area contributed by atoms with Gasteiger partial charge in [-0.05, 0) is 66.6 Å². The molecule has 1 atom stereocenters. The second-order valence-electron chi connectivity index (χ2n) is 10.3. The molecule has 4 amide bonds. The smallest absolute Gasteiger partial charge is 0.411 e. The Hall–Kier alpha value is -5.42. The van der Waals surface area contributed by atoms with E-state index in [0.717, 1.165) is 6.07 Å². The van der Waals surface area contributed by atoms with Gasteiger partial charge in [0.1, 0.15) is 41.5 Å². The van der Waals surface area contributed by atoms with Crippen molar-refractivity contribution in [1.29, 1.82) is 0 Å². The van der Waals surface area contributed by atoms with Gasteiger partial charge in [-0.3, -0.25) is 25.0 Å². The molecule has 0 radical (unpaired) electrons. The van der Waals surface area contributed by atoms with Crippen molar-refractivity contribution in [3.05, 3.63) is 112 Å². The number of carbonyl (C=O) groups is 4. The minimum absolute atomic E-state index is 0.119. The van der Waals surface area contributed by atoms with Crippen LogP contribution in [-0.4, -0.2) is 34.8 Å². The van der Waals surface area contributed by atoms with Gasteiger partial charge in [0, 0.05) is 24.2 Å². The molecule has 6 rings (SSSR count). The third-order valence-electron chi connectivity index (χ3n) is 7.27. The Bertz CT molecular complexity index is 1800. The predicted molar refractivity (Wildman–Crippen MR) is 161 cm³/mol. The Morgan fingerprint density at radius 3 is 2.44 bits per heavy atom. The topological polar surface area (TPSA) is 123 Å². The number of para-hydroxylation sites is 1. The van der Waals surface area contributed by atoms with E-state index in [1.165, 1.54) is 17.0 Å². The number of piperidine rings is 1. The number of hydrogen-bond donors (Lipinski definition) is 2. The molecular formula is C33H25ClFN3O7. The highest BCUT2D eigenvalue weighted by molar-refractivity contribution is 6.32. The minimum atomic E-state index is -0.790. The van der Waals surface area contributed by atoms with Crippen molar-refractivity contribution in [3.63, 3.8) is 0 Å². The van der Waals surface area contributed by atoms with Gasteiger partial charge in [-0.2, -0.15) is 0 Å². The lowest BCUT2D eigenvalue weighted by Gasteiger charge is -2.29. The Kier molecular flexibility index (Phi) is 8.35. The van der Waals surface area contributed by atoms with Crippen LogP contribution in [0, 0.1) is 5.82 Å².